The molecule has 0 aliphatic carbocycles. The highest BCUT2D eigenvalue weighted by molar-refractivity contribution is 6.34. The Balaban J connectivity index is 1.36. The molecule has 3 amide bonds. The molecule has 2 fully saturated rings. The number of halogens is 1. The summed E-state index contributed by atoms with van der Waals surface area (Å²) in [6.45, 7) is 1.58. The number of hydrogen-bond acceptors (Lipinski definition) is 8. The van der Waals surface area contributed by atoms with E-state index >= 15 is 9.59 Å². The van der Waals surface area contributed by atoms with Crippen molar-refractivity contribution < 1.29 is 38.5 Å². The number of likely N-dealkylation sites (tertiary alicyclic amines) is 1. The highest BCUT2D eigenvalue weighted by Crippen LogP contribution is 2.54. The van der Waals surface area contributed by atoms with E-state index in [2.05, 4.69) is 5.32 Å². The number of rotatable bonds is 8. The van der Waals surface area contributed by atoms with Gasteiger partial charge in [0.1, 0.15) is 23.7 Å². The number of anilines is 1. The summed E-state index contributed by atoms with van der Waals surface area (Å²) in [6.07, 6.45) is 5.75. The summed E-state index contributed by atoms with van der Waals surface area (Å²) in [5.41, 5.74) is 1.12. The second-order valence-corrected chi connectivity index (χ2v) is 14.6. The van der Waals surface area contributed by atoms with Gasteiger partial charge in [0.2, 0.25) is 11.8 Å². The summed E-state index contributed by atoms with van der Waals surface area (Å²) in [4.78, 5) is 61.3. The van der Waals surface area contributed by atoms with Crippen molar-refractivity contribution in [2.45, 2.75) is 62.1 Å². The molecule has 0 aromatic heterocycles. The zero-order valence-corrected chi connectivity index (χ0v) is 30.9. The van der Waals surface area contributed by atoms with Gasteiger partial charge in [-0.1, -0.05) is 109 Å². The monoisotopic (exact) mass is 753 g/mol. The molecule has 2 saturated heterocycles. The van der Waals surface area contributed by atoms with Crippen LogP contribution in [0.25, 0.3) is 0 Å². The number of carbonyl (C=O) groups excluding carboxylic acids is 4. The fourth-order valence-corrected chi connectivity index (χ4v) is 8.85. The van der Waals surface area contributed by atoms with Crippen LogP contribution in [0.15, 0.2) is 103 Å². The number of aryl methyl sites for hydroxylation is 1. The van der Waals surface area contributed by atoms with Crippen LogP contribution in [0.5, 0.6) is 0 Å². The van der Waals surface area contributed by atoms with E-state index in [9.17, 15) is 14.7 Å². The zero-order valence-electron chi connectivity index (χ0n) is 30.2. The van der Waals surface area contributed by atoms with Gasteiger partial charge in [-0.05, 0) is 42.5 Å². The molecule has 282 valence electrons. The Hall–Kier alpha value is -4.81. The molecule has 0 radical (unpaired) electrons. The van der Waals surface area contributed by atoms with Crippen molar-refractivity contribution in [1.29, 1.82) is 0 Å². The number of amides is 3. The van der Waals surface area contributed by atoms with Gasteiger partial charge in [-0.25, -0.2) is 0 Å². The zero-order chi connectivity index (χ0) is 38.0. The number of benzene rings is 3. The van der Waals surface area contributed by atoms with Gasteiger partial charge in [0.05, 0.1) is 48.0 Å². The summed E-state index contributed by atoms with van der Waals surface area (Å²) in [5, 5.41) is 14.3. The molecule has 1 spiro atoms. The van der Waals surface area contributed by atoms with Crippen molar-refractivity contribution >= 4 is 41.0 Å². The second-order valence-electron chi connectivity index (χ2n) is 14.2. The number of esters is 1. The molecule has 4 aliphatic rings. The van der Waals surface area contributed by atoms with Crippen LogP contribution in [0, 0.1) is 18.8 Å². The SMILES string of the molecule is COC[C@H]1NC(=O)CC/C=C\[C@H]2O[C@]34C=CCN(c5c(C)cccc5Cl)C(=O)[C@H]3N([C@@H](CO)Cc3ccccc3)C(=O)[C@@H]4[C@H]2C(=O)O[C@@H]1c1ccccc1. The minimum atomic E-state index is -1.62. The maximum atomic E-state index is 15.2. The van der Waals surface area contributed by atoms with E-state index in [0.29, 0.717) is 22.7 Å². The van der Waals surface area contributed by atoms with E-state index < -0.39 is 72.2 Å². The average molecular weight is 754 g/mol. The van der Waals surface area contributed by atoms with Crippen molar-refractivity contribution in [3.8, 4) is 0 Å². The fourth-order valence-electron chi connectivity index (χ4n) is 8.53. The average Bonchev–Trinajstić information content (AvgIpc) is 3.56. The normalized spacial score (nSPS) is 29.6. The largest absolute Gasteiger partial charge is 0.455 e. The molecule has 3 aromatic rings. The topological polar surface area (TPSA) is 135 Å². The van der Waals surface area contributed by atoms with Gasteiger partial charge < -0.3 is 34.4 Å². The van der Waals surface area contributed by atoms with E-state index in [0.717, 1.165) is 11.1 Å². The molecule has 7 rings (SSSR count). The third-order valence-electron chi connectivity index (χ3n) is 10.9. The molecule has 12 heteroatoms. The number of methoxy groups -OCH3 is 1. The standard InChI is InChI=1S/C42H44ClN3O8/c1-26-13-11-18-30(43)36(26)45-22-12-21-42-35(39(49)46(38(42)40(45)50)29(24-47)23-27-14-5-3-6-15-27)34-32(54-42)19-9-10-20-33(48)44-31(25-52-2)37(53-41(34)51)28-16-7-4-8-17-28/h3-9,11-19,21,29,31-32,34-35,37-38,47H,10,20,22-25H2,1-2H3,(H,44,48)/b19-9-/t29-,31-,32-,34+,35+,37-,38-,42+/m1/s1. The Morgan fingerprint density at radius 2 is 1.72 bits per heavy atom. The molecule has 54 heavy (non-hydrogen) atoms. The summed E-state index contributed by atoms with van der Waals surface area (Å²) in [5.74, 6) is -4.31. The van der Waals surface area contributed by atoms with E-state index in [-0.39, 0.29) is 31.9 Å². The van der Waals surface area contributed by atoms with Crippen LogP contribution in [0.2, 0.25) is 5.02 Å². The van der Waals surface area contributed by atoms with Crippen LogP contribution >= 0.6 is 11.6 Å². The number of allylic oxidation sites excluding steroid dienone is 1. The predicted octanol–water partition coefficient (Wildman–Crippen LogP) is 4.50. The lowest BCUT2D eigenvalue weighted by molar-refractivity contribution is -0.162. The van der Waals surface area contributed by atoms with Crippen LogP contribution in [-0.4, -0.2) is 90.4 Å². The molecule has 2 N–H and O–H groups in total. The molecule has 11 nitrogen and oxygen atoms in total. The first-order valence-electron chi connectivity index (χ1n) is 18.3. The van der Waals surface area contributed by atoms with Gasteiger partial charge in [0.25, 0.3) is 5.91 Å². The second kappa shape index (κ2) is 15.9. The Labute approximate surface area is 319 Å². The van der Waals surface area contributed by atoms with Crippen LogP contribution in [-0.2, 0) is 39.8 Å². The quantitative estimate of drug-likeness (QED) is 0.254. The molecular formula is C42H44ClN3O8. The number of fused-ring (bicyclic) bond motifs is 2. The summed E-state index contributed by atoms with van der Waals surface area (Å²) < 4.78 is 18.8. The van der Waals surface area contributed by atoms with Gasteiger partial charge in [-0.2, -0.15) is 0 Å². The van der Waals surface area contributed by atoms with E-state index in [1.807, 2.05) is 61.5 Å². The number of para-hydroxylation sites is 1. The molecular weight excluding hydrogens is 710 g/mol. The number of nitrogens with zero attached hydrogens (tertiary/aromatic N) is 2. The molecule has 4 heterocycles. The number of cyclic esters (lactones) is 1. The third-order valence-corrected chi connectivity index (χ3v) is 11.2. The van der Waals surface area contributed by atoms with Crippen LogP contribution < -0.4 is 10.2 Å². The summed E-state index contributed by atoms with van der Waals surface area (Å²) >= 11 is 6.74. The molecule has 0 bridgehead atoms. The molecule has 0 unspecified atom stereocenters. The number of hydrogen-bond donors (Lipinski definition) is 2. The van der Waals surface area contributed by atoms with Crippen molar-refractivity contribution in [3.63, 3.8) is 0 Å². The molecule has 3 aromatic carbocycles. The number of nitrogens with one attached hydrogen (secondary N) is 1. The molecule has 4 aliphatic heterocycles. The van der Waals surface area contributed by atoms with Crippen LogP contribution in [0.1, 0.15) is 35.6 Å². The lowest BCUT2D eigenvalue weighted by atomic mass is 9.77. The first-order chi connectivity index (χ1) is 26.2. The maximum absolute atomic E-state index is 15.2. The lowest BCUT2D eigenvalue weighted by Crippen LogP contribution is -2.58. The van der Waals surface area contributed by atoms with Gasteiger partial charge in [-0.3, -0.25) is 19.2 Å². The van der Waals surface area contributed by atoms with Gasteiger partial charge in [0, 0.05) is 20.1 Å². The predicted molar refractivity (Wildman–Crippen MR) is 201 cm³/mol. The molecule has 8 atom stereocenters. The maximum Gasteiger partial charge on any atom is 0.313 e. The van der Waals surface area contributed by atoms with E-state index in [1.165, 1.54) is 12.0 Å². The number of ether oxygens (including phenoxy) is 3. The lowest BCUT2D eigenvalue weighted by Gasteiger charge is -2.39. The summed E-state index contributed by atoms with van der Waals surface area (Å²) in [6, 6.07) is 21.0. The first kappa shape index (κ1) is 37.5. The minimum absolute atomic E-state index is 0.0490. The number of carbonyl (C=O) groups is 4. The first-order valence-corrected chi connectivity index (χ1v) is 18.7. The van der Waals surface area contributed by atoms with E-state index in [1.54, 1.807) is 53.5 Å². The third kappa shape index (κ3) is 6.86. The molecule has 0 saturated carbocycles. The highest BCUT2D eigenvalue weighted by atomic mass is 35.5. The highest BCUT2D eigenvalue weighted by Gasteiger charge is 2.72. The van der Waals surface area contributed by atoms with Crippen LogP contribution in [0.4, 0.5) is 5.69 Å². The van der Waals surface area contributed by atoms with Crippen LogP contribution in [0.3, 0.4) is 0 Å². The number of aliphatic hydroxyl groups excluding tert-OH is 1. The van der Waals surface area contributed by atoms with Gasteiger partial charge in [0.15, 0.2) is 0 Å². The van der Waals surface area contributed by atoms with Gasteiger partial charge in [-0.15, -0.1) is 0 Å². The minimum Gasteiger partial charge on any atom is -0.455 e. The summed E-state index contributed by atoms with van der Waals surface area (Å²) in [7, 11) is 1.50. The Morgan fingerprint density at radius 1 is 0.981 bits per heavy atom. The fraction of sp³-hybridized carbons (Fsp3) is 0.381. The van der Waals surface area contributed by atoms with Gasteiger partial charge >= 0.3 is 5.97 Å². The van der Waals surface area contributed by atoms with Crippen molar-refractivity contribution in [1.82, 2.24) is 10.2 Å². The Morgan fingerprint density at radius 3 is 2.43 bits per heavy atom. The van der Waals surface area contributed by atoms with Crippen molar-refractivity contribution in [3.05, 3.63) is 125 Å². The van der Waals surface area contributed by atoms with Crippen molar-refractivity contribution in [2.24, 2.45) is 11.8 Å². The van der Waals surface area contributed by atoms with E-state index in [4.69, 9.17) is 25.8 Å². The van der Waals surface area contributed by atoms with Crippen molar-refractivity contribution in [2.75, 3.05) is 31.8 Å². The Kier molecular flexibility index (Phi) is 11.0. The smallest absolute Gasteiger partial charge is 0.313 e. The number of aliphatic hydroxyl groups is 1. The Bertz CT molecular complexity index is 1920.